The largest absolute Gasteiger partial charge is 0.350 e. The molecule has 2 aromatic carbocycles. The Balaban J connectivity index is 2.36. The highest BCUT2D eigenvalue weighted by Crippen LogP contribution is 2.28. The molecule has 0 saturated carbocycles. The predicted octanol–water partition coefficient (Wildman–Crippen LogP) is 4.23. The third kappa shape index (κ3) is 4.05. The quantitative estimate of drug-likeness (QED) is 0.612. The summed E-state index contributed by atoms with van der Waals surface area (Å²) < 4.78 is 41.6. The number of carbonyl (C=O) groups is 1. The molecule has 0 saturated heterocycles. The molecular formula is C17H17F3N2O2. The Hall–Kier alpha value is -2.54. The molecule has 2 aromatic rings. The zero-order chi connectivity index (χ0) is 17.7. The Morgan fingerprint density at radius 1 is 1.12 bits per heavy atom. The van der Waals surface area contributed by atoms with Crippen LogP contribution in [0.3, 0.4) is 0 Å². The fraction of sp³-hybridized carbons (Fsp3) is 0.235. The van der Waals surface area contributed by atoms with Crippen molar-refractivity contribution in [2.24, 2.45) is 0 Å². The Morgan fingerprint density at radius 2 is 1.88 bits per heavy atom. The van der Waals surface area contributed by atoms with E-state index in [9.17, 15) is 18.0 Å². The van der Waals surface area contributed by atoms with Crippen molar-refractivity contribution < 1.29 is 22.8 Å². The molecule has 0 aliphatic heterocycles. The predicted molar refractivity (Wildman–Crippen MR) is 84.5 cm³/mol. The second kappa shape index (κ2) is 7.83. The number of halogens is 3. The number of hydrogen-bond donors (Lipinski definition) is 2. The molecule has 0 radical (unpaired) electrons. The molecule has 0 fully saturated rings. The van der Waals surface area contributed by atoms with Crippen molar-refractivity contribution in [2.75, 3.05) is 11.9 Å². The molecule has 0 spiro atoms. The summed E-state index contributed by atoms with van der Waals surface area (Å²) in [6, 6.07) is 6.14. The van der Waals surface area contributed by atoms with Crippen LogP contribution >= 0.6 is 0 Å². The van der Waals surface area contributed by atoms with E-state index in [0.717, 1.165) is 12.1 Å². The number of rotatable bonds is 6. The van der Waals surface area contributed by atoms with Gasteiger partial charge in [0.1, 0.15) is 5.82 Å². The van der Waals surface area contributed by atoms with Gasteiger partial charge in [0.2, 0.25) is 0 Å². The smallest absolute Gasteiger partial charge is 0.277 e. The number of benzene rings is 2. The molecule has 0 atom stereocenters. The molecule has 0 heterocycles. The lowest BCUT2D eigenvalue weighted by atomic mass is 10.1. The third-order valence-electron chi connectivity index (χ3n) is 3.19. The summed E-state index contributed by atoms with van der Waals surface area (Å²) in [5, 5.41) is 2.44. The molecule has 0 aliphatic carbocycles. The molecule has 0 bridgehead atoms. The Morgan fingerprint density at radius 3 is 2.54 bits per heavy atom. The van der Waals surface area contributed by atoms with Gasteiger partial charge in [0.05, 0.1) is 23.5 Å². The van der Waals surface area contributed by atoms with E-state index in [2.05, 4.69) is 10.8 Å². The third-order valence-corrected chi connectivity index (χ3v) is 3.19. The normalized spacial score (nSPS) is 10.5. The van der Waals surface area contributed by atoms with Gasteiger partial charge in [-0.2, -0.15) is 0 Å². The molecule has 0 aliphatic rings. The first-order chi connectivity index (χ1) is 11.4. The van der Waals surface area contributed by atoms with Crippen molar-refractivity contribution in [3.05, 3.63) is 58.9 Å². The van der Waals surface area contributed by atoms with Crippen LogP contribution < -0.4 is 10.8 Å². The lowest BCUT2D eigenvalue weighted by molar-refractivity contribution is 0.0315. The molecule has 24 heavy (non-hydrogen) atoms. The zero-order valence-corrected chi connectivity index (χ0v) is 13.3. The van der Waals surface area contributed by atoms with Crippen LogP contribution in [0.5, 0.6) is 0 Å². The fourth-order valence-electron chi connectivity index (χ4n) is 1.99. The van der Waals surface area contributed by atoms with E-state index in [0.29, 0.717) is 12.0 Å². The lowest BCUT2D eigenvalue weighted by Crippen LogP contribution is -2.25. The summed E-state index contributed by atoms with van der Waals surface area (Å²) in [5.41, 5.74) is 2.06. The van der Waals surface area contributed by atoms with Crippen molar-refractivity contribution >= 4 is 17.3 Å². The number of carbonyl (C=O) groups excluding carboxylic acids is 1. The van der Waals surface area contributed by atoms with Gasteiger partial charge in [-0.05, 0) is 43.2 Å². The maximum Gasteiger partial charge on any atom is 0.277 e. The van der Waals surface area contributed by atoms with Crippen molar-refractivity contribution in [2.45, 2.75) is 20.3 Å². The first kappa shape index (κ1) is 17.8. The molecule has 1 amide bonds. The molecular weight excluding hydrogens is 321 g/mol. The van der Waals surface area contributed by atoms with Crippen molar-refractivity contribution in [3.8, 4) is 0 Å². The summed E-state index contributed by atoms with van der Waals surface area (Å²) in [6.45, 7) is 3.81. The van der Waals surface area contributed by atoms with Crippen LogP contribution in [-0.4, -0.2) is 12.5 Å². The average molecular weight is 338 g/mol. The van der Waals surface area contributed by atoms with E-state index < -0.39 is 29.0 Å². The number of hydrogen-bond acceptors (Lipinski definition) is 3. The van der Waals surface area contributed by atoms with Crippen LogP contribution in [0.15, 0.2) is 30.3 Å². The SMILES string of the molecule is CCCONC(=O)c1ccc(F)c(F)c1Nc1ccc(C)cc1F. The highest BCUT2D eigenvalue weighted by atomic mass is 19.2. The molecule has 0 unspecified atom stereocenters. The molecule has 128 valence electrons. The highest BCUT2D eigenvalue weighted by molar-refractivity contribution is 5.99. The van der Waals surface area contributed by atoms with Gasteiger partial charge < -0.3 is 5.32 Å². The van der Waals surface area contributed by atoms with Crippen molar-refractivity contribution in [3.63, 3.8) is 0 Å². The topological polar surface area (TPSA) is 50.4 Å². The number of hydroxylamine groups is 1. The standard InChI is InChI=1S/C17H17F3N2O2/c1-3-8-24-22-17(23)11-5-6-12(18)15(20)16(11)21-14-7-4-10(2)9-13(14)19/h4-7,9,21H,3,8H2,1-2H3,(H,22,23). The van der Waals surface area contributed by atoms with Gasteiger partial charge in [0.25, 0.3) is 5.91 Å². The summed E-state index contributed by atoms with van der Waals surface area (Å²) >= 11 is 0. The van der Waals surface area contributed by atoms with E-state index in [1.54, 1.807) is 13.0 Å². The Labute approximate surface area is 137 Å². The number of amides is 1. The highest BCUT2D eigenvalue weighted by Gasteiger charge is 2.20. The van der Waals surface area contributed by atoms with E-state index in [1.165, 1.54) is 12.1 Å². The molecule has 2 rings (SSSR count). The minimum absolute atomic E-state index is 0.0753. The zero-order valence-electron chi connectivity index (χ0n) is 13.3. The molecule has 2 N–H and O–H groups in total. The lowest BCUT2D eigenvalue weighted by Gasteiger charge is -2.14. The van der Waals surface area contributed by atoms with Gasteiger partial charge >= 0.3 is 0 Å². The summed E-state index contributed by atoms with van der Waals surface area (Å²) in [6.07, 6.45) is 0.664. The van der Waals surface area contributed by atoms with Crippen molar-refractivity contribution in [1.82, 2.24) is 5.48 Å². The number of anilines is 2. The maximum atomic E-state index is 14.1. The number of nitrogens with one attached hydrogen (secondary N) is 2. The minimum atomic E-state index is -1.28. The van der Waals surface area contributed by atoms with E-state index in [1.807, 2.05) is 6.92 Å². The van der Waals surface area contributed by atoms with Gasteiger partial charge in [-0.15, -0.1) is 0 Å². The van der Waals surface area contributed by atoms with Crippen LogP contribution in [0.25, 0.3) is 0 Å². The van der Waals surface area contributed by atoms with Crippen LogP contribution in [0.1, 0.15) is 29.3 Å². The van der Waals surface area contributed by atoms with Gasteiger partial charge in [-0.1, -0.05) is 13.0 Å². The summed E-state index contributed by atoms with van der Waals surface area (Å²) in [5.74, 6) is -3.85. The molecule has 7 heteroatoms. The molecule has 4 nitrogen and oxygen atoms in total. The van der Waals surface area contributed by atoms with E-state index >= 15 is 0 Å². The maximum absolute atomic E-state index is 14.1. The second-order valence-corrected chi connectivity index (χ2v) is 5.17. The summed E-state index contributed by atoms with van der Waals surface area (Å²) in [4.78, 5) is 17.0. The first-order valence-corrected chi connectivity index (χ1v) is 7.37. The van der Waals surface area contributed by atoms with Crippen LogP contribution in [0.2, 0.25) is 0 Å². The van der Waals surface area contributed by atoms with E-state index in [-0.39, 0.29) is 17.9 Å². The van der Waals surface area contributed by atoms with Gasteiger partial charge in [0, 0.05) is 0 Å². The minimum Gasteiger partial charge on any atom is -0.350 e. The van der Waals surface area contributed by atoms with Crippen molar-refractivity contribution in [1.29, 1.82) is 0 Å². The fourth-order valence-corrected chi connectivity index (χ4v) is 1.99. The Kier molecular flexibility index (Phi) is 5.81. The van der Waals surface area contributed by atoms with Gasteiger partial charge in [0.15, 0.2) is 11.6 Å². The first-order valence-electron chi connectivity index (χ1n) is 7.37. The molecule has 0 aromatic heterocycles. The number of aryl methyl sites for hydroxylation is 1. The second-order valence-electron chi connectivity index (χ2n) is 5.17. The average Bonchev–Trinajstić information content (AvgIpc) is 2.54. The van der Waals surface area contributed by atoms with E-state index in [4.69, 9.17) is 4.84 Å². The monoisotopic (exact) mass is 338 g/mol. The van der Waals surface area contributed by atoms with Crippen LogP contribution in [0, 0.1) is 24.4 Å². The van der Waals surface area contributed by atoms with Crippen LogP contribution in [-0.2, 0) is 4.84 Å². The van der Waals surface area contributed by atoms with Gasteiger partial charge in [-0.3, -0.25) is 9.63 Å². The summed E-state index contributed by atoms with van der Waals surface area (Å²) in [7, 11) is 0. The van der Waals surface area contributed by atoms with Crippen LogP contribution in [0.4, 0.5) is 24.5 Å². The Bertz CT molecular complexity index is 751. The van der Waals surface area contributed by atoms with Gasteiger partial charge in [-0.25, -0.2) is 18.7 Å².